The minimum absolute atomic E-state index is 0. The van der Waals surface area contributed by atoms with Gasteiger partial charge in [0.15, 0.2) is 5.71 Å². The molecule has 2 aliphatic carbocycles. The number of allylic oxidation sites excluding steroid dienone is 6. The second-order valence-electron chi connectivity index (χ2n) is 5.79. The molecule has 1 aliphatic heterocycles. The Hall–Kier alpha value is -0.450. The van der Waals surface area contributed by atoms with Gasteiger partial charge in [-0.15, -0.1) is 0 Å². The normalized spacial score (nSPS) is 19.4. The van der Waals surface area contributed by atoms with Crippen molar-refractivity contribution in [3.63, 3.8) is 0 Å². The summed E-state index contributed by atoms with van der Waals surface area (Å²) >= 11 is 0. The van der Waals surface area contributed by atoms with E-state index in [1.54, 1.807) is 0 Å². The van der Waals surface area contributed by atoms with Crippen LogP contribution in [-0.2, 0) is 30.2 Å². The number of azo groups is 1. The Labute approximate surface area is 252 Å². The number of rotatable bonds is 4. The maximum Gasteiger partial charge on any atom is 0.355 e. The fourth-order valence-electron chi connectivity index (χ4n) is 2.54. The molecule has 1 amide bonds. The number of carboxylic acid groups (broad SMARTS) is 1. The van der Waals surface area contributed by atoms with Gasteiger partial charge in [0.2, 0.25) is 26.6 Å². The molecule has 153 valence electrons. The van der Waals surface area contributed by atoms with Crippen LogP contribution in [-0.4, -0.2) is 149 Å². The molecule has 0 aromatic rings. The summed E-state index contributed by atoms with van der Waals surface area (Å²) in [7, 11) is -4.75. The van der Waals surface area contributed by atoms with E-state index < -0.39 is 44.2 Å². The van der Waals surface area contributed by atoms with Crippen LogP contribution in [0.5, 0.6) is 0 Å². The Balaban J connectivity index is 0.00000320. The Morgan fingerprint density at radius 1 is 0.969 bits per heavy atom. The number of carbonyl (C=O) groups excluding carboxylic acids is 1. The molecule has 3 aliphatic rings. The number of nitrogens with zero attached hydrogens (tertiary/aromatic N) is 4. The molecule has 0 aromatic carbocycles. The summed E-state index contributed by atoms with van der Waals surface area (Å²) in [6.45, 7) is 0. The van der Waals surface area contributed by atoms with Gasteiger partial charge in [-0.05, 0) is 24.3 Å². The maximum absolute atomic E-state index is 12.6. The van der Waals surface area contributed by atoms with E-state index in [0.717, 1.165) is 5.01 Å². The van der Waals surface area contributed by atoms with Crippen molar-refractivity contribution in [2.75, 3.05) is 0 Å². The van der Waals surface area contributed by atoms with Crippen LogP contribution in [0.3, 0.4) is 0 Å². The van der Waals surface area contributed by atoms with Crippen molar-refractivity contribution in [2.24, 2.45) is 15.3 Å². The molecular formula is C16H12N4Na3O7S2. The van der Waals surface area contributed by atoms with E-state index in [0.29, 0.717) is 0 Å². The molecule has 0 saturated heterocycles. The van der Waals surface area contributed by atoms with Gasteiger partial charge in [-0.3, -0.25) is 4.79 Å². The van der Waals surface area contributed by atoms with E-state index in [1.807, 2.05) is 0 Å². The van der Waals surface area contributed by atoms with Crippen molar-refractivity contribution in [3.8, 4) is 0 Å². The first kappa shape index (κ1) is 31.6. The van der Waals surface area contributed by atoms with Crippen LogP contribution >= 0.6 is 0 Å². The summed E-state index contributed by atoms with van der Waals surface area (Å²) in [5, 5.41) is 21.6. The molecule has 3 rings (SSSR count). The van der Waals surface area contributed by atoms with Crippen LogP contribution in [0, 0.1) is 0 Å². The summed E-state index contributed by atoms with van der Waals surface area (Å²) in [6, 6.07) is -1.49. The van der Waals surface area contributed by atoms with Crippen molar-refractivity contribution in [1.29, 1.82) is 0 Å². The number of hydrazone groups is 1. The Morgan fingerprint density at radius 2 is 1.53 bits per heavy atom. The van der Waals surface area contributed by atoms with Gasteiger partial charge in [-0.25, -0.2) is 4.79 Å². The predicted molar refractivity (Wildman–Crippen MR) is 119 cm³/mol. The molecule has 0 spiro atoms. The second-order valence-corrected chi connectivity index (χ2v) is 7.78. The third kappa shape index (κ3) is 7.53. The monoisotopic (exact) mass is 505 g/mol. The van der Waals surface area contributed by atoms with Crippen LogP contribution in [0.25, 0.3) is 0 Å². The zero-order chi connectivity index (χ0) is 21.1. The first-order valence-electron chi connectivity index (χ1n) is 8.01. The number of hydrogen-bond donors (Lipinski definition) is 1. The summed E-state index contributed by atoms with van der Waals surface area (Å²) < 4.78 is 43.7. The number of amides is 1. The minimum Gasteiger partial charge on any atom is -0.477 e. The number of aliphatic carboxylic acids is 1. The fraction of sp³-hybridized carbons (Fsp3) is 0.188. The summed E-state index contributed by atoms with van der Waals surface area (Å²) in [4.78, 5) is 24.4. The standard InChI is InChI=1S/C16H12N4O7S2.3Na/c21-15-13(18-17-9-1-5-11(6-2-9)28(24)25)14(16(22)23)19-20(15)10-3-7-12(8-4-10)29(26)27;;;/h1-5,7,13H,6,8H2,(H,22,23);;;. The van der Waals surface area contributed by atoms with E-state index in [2.05, 4.69) is 15.3 Å². The van der Waals surface area contributed by atoms with Gasteiger partial charge in [-0.2, -0.15) is 37.2 Å². The van der Waals surface area contributed by atoms with Gasteiger partial charge in [-0.1, -0.05) is 12.2 Å². The van der Waals surface area contributed by atoms with Gasteiger partial charge in [0.05, 0.1) is 21.1 Å². The van der Waals surface area contributed by atoms with Crippen molar-refractivity contribution >= 4 is 137 Å². The molecule has 1 heterocycles. The third-order valence-corrected chi connectivity index (χ3v) is 5.46. The number of hydrogen-bond acceptors (Lipinski definition) is 9. The van der Waals surface area contributed by atoms with Crippen molar-refractivity contribution in [3.05, 3.63) is 47.9 Å². The second kappa shape index (κ2) is 14.1. The topological polar surface area (TPSA) is 163 Å². The molecule has 1 N–H and O–H groups in total. The first-order valence-corrected chi connectivity index (χ1v) is 10.2. The number of carbonyl (C=O) groups is 2. The molecule has 0 saturated carbocycles. The third-order valence-electron chi connectivity index (χ3n) is 3.99. The SMILES string of the molecule is O=C(O)C1=NN(C2=CCC(=S(=O)=O)C=C2)C(=O)C1N=NC1=CCC(=S(=O)=O)C=C1.[Na].[Na].[Na]. The van der Waals surface area contributed by atoms with Gasteiger partial charge < -0.3 is 5.11 Å². The Kier molecular flexibility index (Phi) is 13.9. The maximum atomic E-state index is 12.6. The van der Waals surface area contributed by atoms with Crippen LogP contribution in [0.2, 0.25) is 0 Å². The molecular weight excluding hydrogens is 493 g/mol. The van der Waals surface area contributed by atoms with E-state index in [4.69, 9.17) is 0 Å². The van der Waals surface area contributed by atoms with Crippen molar-refractivity contribution < 1.29 is 31.5 Å². The number of carboxylic acids is 1. The average Bonchev–Trinajstić information content (AvgIpc) is 3.03. The smallest absolute Gasteiger partial charge is 0.355 e. The van der Waals surface area contributed by atoms with E-state index in [-0.39, 0.29) is 123 Å². The van der Waals surface area contributed by atoms with E-state index in [1.165, 1.54) is 36.5 Å². The summed E-state index contributed by atoms with van der Waals surface area (Å²) in [6.07, 6.45) is 8.37. The summed E-state index contributed by atoms with van der Waals surface area (Å²) in [5.74, 6) is -2.22. The van der Waals surface area contributed by atoms with Gasteiger partial charge in [0, 0.05) is 102 Å². The first-order chi connectivity index (χ1) is 13.8. The van der Waals surface area contributed by atoms with E-state index in [9.17, 15) is 31.5 Å². The van der Waals surface area contributed by atoms with Gasteiger partial charge >= 0.3 is 5.97 Å². The van der Waals surface area contributed by atoms with Crippen LogP contribution in [0.15, 0.2) is 63.2 Å². The zero-order valence-corrected chi connectivity index (χ0v) is 25.1. The molecule has 0 bridgehead atoms. The molecule has 32 heavy (non-hydrogen) atoms. The fourth-order valence-corrected chi connectivity index (χ4v) is 3.33. The molecule has 0 aromatic heterocycles. The quantitative estimate of drug-likeness (QED) is 0.283. The summed E-state index contributed by atoms with van der Waals surface area (Å²) in [5.41, 5.74) is -0.0535. The van der Waals surface area contributed by atoms with Gasteiger partial charge in [0.1, 0.15) is 0 Å². The van der Waals surface area contributed by atoms with E-state index >= 15 is 0 Å². The Morgan fingerprint density at radius 3 is 1.97 bits per heavy atom. The van der Waals surface area contributed by atoms with Crippen molar-refractivity contribution in [2.45, 2.75) is 18.9 Å². The average molecular weight is 505 g/mol. The molecule has 16 heteroatoms. The molecule has 3 radical (unpaired) electrons. The van der Waals surface area contributed by atoms with Crippen LogP contribution in [0.1, 0.15) is 12.8 Å². The van der Waals surface area contributed by atoms with Crippen LogP contribution in [0.4, 0.5) is 0 Å². The molecule has 11 nitrogen and oxygen atoms in total. The van der Waals surface area contributed by atoms with Crippen molar-refractivity contribution in [1.82, 2.24) is 5.01 Å². The molecule has 1 unspecified atom stereocenters. The van der Waals surface area contributed by atoms with Gasteiger partial charge in [0.25, 0.3) is 5.91 Å². The zero-order valence-electron chi connectivity index (χ0n) is 17.5. The molecule has 1 atom stereocenters. The Bertz CT molecular complexity index is 1260. The largest absolute Gasteiger partial charge is 0.477 e. The van der Waals surface area contributed by atoms with Crippen LogP contribution < -0.4 is 0 Å². The molecule has 0 fully saturated rings. The predicted octanol–water partition coefficient (Wildman–Crippen LogP) is -1.26. The minimum atomic E-state index is -2.39.